The normalized spacial score (nSPS) is 37.3. The van der Waals surface area contributed by atoms with E-state index in [2.05, 4.69) is 4.74 Å². The van der Waals surface area contributed by atoms with Crippen LogP contribution >= 0.6 is 0 Å². The molecule has 5 heteroatoms. The maximum Gasteiger partial charge on any atom is 0.308 e. The number of carbonyl (C=O) groups is 1. The molecule has 0 spiro atoms. The van der Waals surface area contributed by atoms with E-state index < -0.39 is 0 Å². The van der Waals surface area contributed by atoms with E-state index in [1.807, 2.05) is 0 Å². The highest BCUT2D eigenvalue weighted by atomic mass is 16.7. The lowest BCUT2D eigenvalue weighted by Gasteiger charge is -2.19. The first-order valence-corrected chi connectivity index (χ1v) is 6.13. The fraction of sp³-hybridized carbons (Fsp3) is 0.917. The predicted octanol–water partition coefficient (Wildman–Crippen LogP) is 1.25. The van der Waals surface area contributed by atoms with Gasteiger partial charge in [0.2, 0.25) is 0 Å². The van der Waals surface area contributed by atoms with E-state index in [-0.39, 0.29) is 30.6 Å². The molecule has 2 aliphatic heterocycles. The van der Waals surface area contributed by atoms with Crippen LogP contribution in [-0.4, -0.2) is 44.8 Å². The van der Waals surface area contributed by atoms with E-state index in [1.54, 1.807) is 7.11 Å². The molecule has 0 aromatic heterocycles. The predicted molar refractivity (Wildman–Crippen MR) is 59.4 cm³/mol. The number of carbonyl (C=O) groups excluding carboxylic acids is 1. The van der Waals surface area contributed by atoms with Crippen molar-refractivity contribution in [2.24, 2.45) is 0 Å². The van der Waals surface area contributed by atoms with Gasteiger partial charge in [-0.05, 0) is 19.3 Å². The van der Waals surface area contributed by atoms with E-state index in [9.17, 15) is 4.79 Å². The van der Waals surface area contributed by atoms with E-state index in [0.717, 1.165) is 25.7 Å². The van der Waals surface area contributed by atoms with Gasteiger partial charge in [-0.3, -0.25) is 4.79 Å². The number of hydrogen-bond donors (Lipinski definition) is 0. The van der Waals surface area contributed by atoms with Crippen molar-refractivity contribution in [2.45, 2.75) is 56.7 Å². The average molecular weight is 244 g/mol. The van der Waals surface area contributed by atoms with Crippen molar-refractivity contribution in [1.29, 1.82) is 0 Å². The summed E-state index contributed by atoms with van der Waals surface area (Å²) < 4.78 is 21.3. The molecule has 2 rings (SSSR count). The van der Waals surface area contributed by atoms with Crippen LogP contribution in [0, 0.1) is 0 Å². The largest absolute Gasteiger partial charge is 0.469 e. The number of ether oxygens (including phenoxy) is 4. The van der Waals surface area contributed by atoms with Crippen molar-refractivity contribution >= 4 is 5.97 Å². The van der Waals surface area contributed by atoms with Gasteiger partial charge in [-0.25, -0.2) is 0 Å². The van der Waals surface area contributed by atoms with Crippen LogP contribution in [0.15, 0.2) is 0 Å². The standard InChI is InChI=1S/C12H20O5/c1-14-11(13)7-8-3-4-9(16-8)10-5-6-12(15-2)17-10/h8-10,12H,3-7H2,1-2H3/t8-,9+,10-,12?/m0/s1. The van der Waals surface area contributed by atoms with Crippen LogP contribution in [0.3, 0.4) is 0 Å². The monoisotopic (exact) mass is 244 g/mol. The van der Waals surface area contributed by atoms with Gasteiger partial charge in [-0.15, -0.1) is 0 Å². The summed E-state index contributed by atoms with van der Waals surface area (Å²) in [5, 5.41) is 0. The van der Waals surface area contributed by atoms with Crippen LogP contribution in [0.4, 0.5) is 0 Å². The van der Waals surface area contributed by atoms with Crippen molar-refractivity contribution in [3.05, 3.63) is 0 Å². The summed E-state index contributed by atoms with van der Waals surface area (Å²) in [6, 6.07) is 0. The first-order valence-electron chi connectivity index (χ1n) is 6.13. The zero-order valence-corrected chi connectivity index (χ0v) is 10.4. The van der Waals surface area contributed by atoms with E-state index in [1.165, 1.54) is 7.11 Å². The fourth-order valence-electron chi connectivity index (χ4n) is 2.50. The first-order chi connectivity index (χ1) is 8.22. The van der Waals surface area contributed by atoms with Crippen LogP contribution in [0.25, 0.3) is 0 Å². The van der Waals surface area contributed by atoms with Crippen molar-refractivity contribution in [3.63, 3.8) is 0 Å². The highest BCUT2D eigenvalue weighted by Gasteiger charge is 2.37. The second kappa shape index (κ2) is 5.80. The van der Waals surface area contributed by atoms with Gasteiger partial charge < -0.3 is 18.9 Å². The molecule has 0 aromatic carbocycles. The van der Waals surface area contributed by atoms with Crippen LogP contribution in [-0.2, 0) is 23.7 Å². The molecule has 2 aliphatic rings. The maximum absolute atomic E-state index is 11.1. The Balaban J connectivity index is 1.76. The van der Waals surface area contributed by atoms with Gasteiger partial charge >= 0.3 is 5.97 Å². The fourth-order valence-corrected chi connectivity index (χ4v) is 2.50. The van der Waals surface area contributed by atoms with Gasteiger partial charge in [0.15, 0.2) is 6.29 Å². The summed E-state index contributed by atoms with van der Waals surface area (Å²) in [6.07, 6.45) is 4.18. The van der Waals surface area contributed by atoms with Gasteiger partial charge in [0.25, 0.3) is 0 Å². The summed E-state index contributed by atoms with van der Waals surface area (Å²) in [5.74, 6) is -0.210. The quantitative estimate of drug-likeness (QED) is 0.697. The molecular formula is C12H20O5. The van der Waals surface area contributed by atoms with Crippen molar-refractivity contribution in [1.82, 2.24) is 0 Å². The molecule has 17 heavy (non-hydrogen) atoms. The van der Waals surface area contributed by atoms with Crippen LogP contribution in [0.1, 0.15) is 32.1 Å². The Bertz CT molecular complexity index is 268. The Labute approximate surface area is 101 Å². The third kappa shape index (κ3) is 3.18. The van der Waals surface area contributed by atoms with Crippen molar-refractivity contribution in [2.75, 3.05) is 14.2 Å². The van der Waals surface area contributed by atoms with Crippen molar-refractivity contribution < 1.29 is 23.7 Å². The van der Waals surface area contributed by atoms with Gasteiger partial charge in [0.05, 0.1) is 31.8 Å². The summed E-state index contributed by atoms with van der Waals surface area (Å²) in [7, 11) is 3.06. The summed E-state index contributed by atoms with van der Waals surface area (Å²) in [4.78, 5) is 11.1. The number of methoxy groups -OCH3 is 2. The SMILES string of the molecule is COC(=O)C[C@@H]1CC[C@H]([C@@H]2CCC(OC)O2)O1. The zero-order chi connectivity index (χ0) is 12.3. The van der Waals surface area contributed by atoms with Crippen LogP contribution in [0.5, 0.6) is 0 Å². The highest BCUT2D eigenvalue weighted by molar-refractivity contribution is 5.69. The summed E-state index contributed by atoms with van der Waals surface area (Å²) in [5.41, 5.74) is 0. The highest BCUT2D eigenvalue weighted by Crippen LogP contribution is 2.32. The Hall–Kier alpha value is -0.650. The topological polar surface area (TPSA) is 54.0 Å². The molecule has 0 aromatic rings. The molecule has 0 aliphatic carbocycles. The molecule has 0 amide bonds. The molecule has 0 bridgehead atoms. The van der Waals surface area contributed by atoms with Gasteiger partial charge in [-0.1, -0.05) is 0 Å². The molecule has 1 unspecified atom stereocenters. The lowest BCUT2D eigenvalue weighted by molar-refractivity contribution is -0.153. The first kappa shape index (κ1) is 12.8. The van der Waals surface area contributed by atoms with E-state index in [0.29, 0.717) is 6.42 Å². The molecule has 0 radical (unpaired) electrons. The molecule has 2 saturated heterocycles. The number of rotatable bonds is 4. The third-order valence-corrected chi connectivity index (χ3v) is 3.45. The second-order valence-electron chi connectivity index (χ2n) is 4.57. The van der Waals surface area contributed by atoms with Crippen LogP contribution < -0.4 is 0 Å². The molecule has 2 fully saturated rings. The van der Waals surface area contributed by atoms with Crippen molar-refractivity contribution in [3.8, 4) is 0 Å². The molecule has 0 N–H and O–H groups in total. The van der Waals surface area contributed by atoms with Gasteiger partial charge in [0, 0.05) is 13.5 Å². The minimum absolute atomic E-state index is 0.0161. The Kier molecular flexibility index (Phi) is 4.36. The molecule has 2 heterocycles. The molecule has 4 atom stereocenters. The number of esters is 1. The van der Waals surface area contributed by atoms with Crippen LogP contribution in [0.2, 0.25) is 0 Å². The Morgan fingerprint density at radius 3 is 2.47 bits per heavy atom. The number of hydrogen-bond acceptors (Lipinski definition) is 5. The zero-order valence-electron chi connectivity index (χ0n) is 10.4. The molecule has 98 valence electrons. The molecular weight excluding hydrogens is 224 g/mol. The molecule has 0 saturated carbocycles. The maximum atomic E-state index is 11.1. The summed E-state index contributed by atoms with van der Waals surface area (Å²) >= 11 is 0. The van der Waals surface area contributed by atoms with Gasteiger partial charge in [0.1, 0.15) is 0 Å². The minimum Gasteiger partial charge on any atom is -0.469 e. The lowest BCUT2D eigenvalue weighted by Crippen LogP contribution is -2.27. The molecule has 5 nitrogen and oxygen atoms in total. The second-order valence-corrected chi connectivity index (χ2v) is 4.57. The average Bonchev–Trinajstić information content (AvgIpc) is 2.96. The van der Waals surface area contributed by atoms with E-state index in [4.69, 9.17) is 14.2 Å². The minimum atomic E-state index is -0.210. The Morgan fingerprint density at radius 1 is 1.12 bits per heavy atom. The lowest BCUT2D eigenvalue weighted by atomic mass is 10.1. The summed E-state index contributed by atoms with van der Waals surface area (Å²) in [6.45, 7) is 0. The smallest absolute Gasteiger partial charge is 0.308 e. The van der Waals surface area contributed by atoms with E-state index >= 15 is 0 Å². The third-order valence-electron chi connectivity index (χ3n) is 3.45. The van der Waals surface area contributed by atoms with Gasteiger partial charge in [-0.2, -0.15) is 0 Å². The Morgan fingerprint density at radius 2 is 1.82 bits per heavy atom.